The first-order valence-electron chi connectivity index (χ1n) is 11.9. The van der Waals surface area contributed by atoms with Crippen LogP contribution in [0, 0.1) is 5.82 Å². The summed E-state index contributed by atoms with van der Waals surface area (Å²) in [6.07, 6.45) is -20.7. The van der Waals surface area contributed by atoms with Gasteiger partial charge in [0.05, 0.1) is 17.5 Å². The highest BCUT2D eigenvalue weighted by molar-refractivity contribution is 5.76. The third-order valence-electron chi connectivity index (χ3n) is 5.91. The van der Waals surface area contributed by atoms with Crippen molar-refractivity contribution in [3.05, 3.63) is 101 Å². The molecule has 0 aliphatic rings. The molecule has 0 aromatic heterocycles. The summed E-state index contributed by atoms with van der Waals surface area (Å²) >= 11 is 0. The molecule has 0 fully saturated rings. The number of carbonyl (C=O) groups excluding carboxylic acids is 1. The van der Waals surface area contributed by atoms with Gasteiger partial charge in [0.15, 0.2) is 0 Å². The van der Waals surface area contributed by atoms with Crippen LogP contribution in [0.1, 0.15) is 28.7 Å². The van der Waals surface area contributed by atoms with E-state index in [4.69, 9.17) is 0 Å². The molecule has 15 heteroatoms. The topological polar surface area (TPSA) is 50.4 Å². The first-order valence-corrected chi connectivity index (χ1v) is 11.9. The second kappa shape index (κ2) is 12.4. The smallest absolute Gasteiger partial charge is 0.428 e. The molecule has 4 nitrogen and oxygen atoms in total. The van der Waals surface area contributed by atoms with Gasteiger partial charge >= 0.3 is 30.9 Å². The Morgan fingerprint density at radius 1 is 0.786 bits per heavy atom. The predicted molar refractivity (Wildman–Crippen MR) is 128 cm³/mol. The first kappa shape index (κ1) is 32.5. The number of nitrogens with one attached hydrogen (secondary N) is 2. The number of amides is 2. The van der Waals surface area contributed by atoms with Gasteiger partial charge in [-0.05, 0) is 41.0 Å². The zero-order valence-corrected chi connectivity index (χ0v) is 21.1. The molecule has 0 bridgehead atoms. The Morgan fingerprint density at radius 3 is 1.93 bits per heavy atom. The highest BCUT2D eigenvalue weighted by Crippen LogP contribution is 2.39. The summed E-state index contributed by atoms with van der Waals surface area (Å²) in [6.45, 7) is -0.929. The molecular formula is C27H21F11N2O2. The summed E-state index contributed by atoms with van der Waals surface area (Å²) in [6, 6.07) is 11.0. The van der Waals surface area contributed by atoms with Crippen molar-refractivity contribution in [3.63, 3.8) is 0 Å². The molecule has 0 aliphatic carbocycles. The molecule has 2 amide bonds. The SMILES string of the molecule is O=C(NCCC(F)(F)F)NC(Cc1ccccc1)(c1ccc(C(F)(F)F)cc1)c1cc(F)cc(OC(F)(F)C(F)F)c1. The minimum Gasteiger partial charge on any atom is -0.428 e. The maximum atomic E-state index is 14.8. The molecule has 0 aliphatic heterocycles. The maximum Gasteiger partial charge on any atom is 0.461 e. The molecule has 1 atom stereocenters. The molecule has 42 heavy (non-hydrogen) atoms. The van der Waals surface area contributed by atoms with Crippen LogP contribution in [0.15, 0.2) is 72.8 Å². The lowest BCUT2D eigenvalue weighted by Crippen LogP contribution is -2.52. The number of carbonyl (C=O) groups is 1. The minimum absolute atomic E-state index is 0.192. The second-order valence-corrected chi connectivity index (χ2v) is 9.03. The van der Waals surface area contributed by atoms with Crippen molar-refractivity contribution in [2.24, 2.45) is 0 Å². The molecule has 0 saturated heterocycles. The first-order chi connectivity index (χ1) is 19.4. The van der Waals surface area contributed by atoms with Crippen LogP contribution in [-0.4, -0.2) is 31.3 Å². The molecule has 0 heterocycles. The monoisotopic (exact) mass is 614 g/mol. The van der Waals surface area contributed by atoms with Gasteiger partial charge in [0.1, 0.15) is 11.6 Å². The van der Waals surface area contributed by atoms with Gasteiger partial charge in [-0.25, -0.2) is 9.18 Å². The van der Waals surface area contributed by atoms with Crippen LogP contribution < -0.4 is 15.4 Å². The van der Waals surface area contributed by atoms with E-state index in [1.54, 1.807) is 6.07 Å². The van der Waals surface area contributed by atoms with Gasteiger partial charge in [0.25, 0.3) is 0 Å². The number of benzene rings is 3. The molecular weight excluding hydrogens is 593 g/mol. The number of ether oxygens (including phenoxy) is 1. The van der Waals surface area contributed by atoms with Gasteiger partial charge < -0.3 is 15.4 Å². The fraction of sp³-hybridized carbons (Fsp3) is 0.296. The molecule has 228 valence electrons. The lowest BCUT2D eigenvalue weighted by atomic mass is 9.77. The standard InChI is InChI=1S/C27H21F11N2O2/c28-20-12-19(13-21(14-20)42-27(37,38)22(29)30)24(15-16-4-2-1-3-5-16,40-23(41)39-11-10-25(31,32)33)17-6-8-18(9-7-17)26(34,35)36/h1-9,12-14,22H,10-11,15H2,(H2,39,40,41). The quantitative estimate of drug-likeness (QED) is 0.229. The number of rotatable bonds is 10. The average Bonchev–Trinajstić information content (AvgIpc) is 2.87. The maximum absolute atomic E-state index is 14.8. The summed E-state index contributed by atoms with van der Waals surface area (Å²) in [5, 5.41) is 4.28. The number of halogens is 11. The number of alkyl halides is 10. The Morgan fingerprint density at radius 2 is 1.38 bits per heavy atom. The predicted octanol–water partition coefficient (Wildman–Crippen LogP) is 7.82. The minimum atomic E-state index is -5.08. The third kappa shape index (κ3) is 8.49. The lowest BCUT2D eigenvalue weighted by molar-refractivity contribution is -0.253. The van der Waals surface area contributed by atoms with E-state index in [-0.39, 0.29) is 5.56 Å². The van der Waals surface area contributed by atoms with Gasteiger partial charge in [-0.15, -0.1) is 0 Å². The van der Waals surface area contributed by atoms with E-state index in [9.17, 15) is 53.1 Å². The number of hydrogen-bond acceptors (Lipinski definition) is 2. The zero-order valence-electron chi connectivity index (χ0n) is 21.1. The molecule has 0 spiro atoms. The van der Waals surface area contributed by atoms with Crippen LogP contribution in [0.5, 0.6) is 5.75 Å². The van der Waals surface area contributed by atoms with E-state index in [2.05, 4.69) is 10.1 Å². The van der Waals surface area contributed by atoms with E-state index in [1.807, 2.05) is 5.32 Å². The van der Waals surface area contributed by atoms with Gasteiger partial charge in [-0.2, -0.15) is 43.9 Å². The van der Waals surface area contributed by atoms with Crippen molar-refractivity contribution < 1.29 is 57.8 Å². The van der Waals surface area contributed by atoms with Crippen LogP contribution in [0.4, 0.5) is 53.1 Å². The van der Waals surface area contributed by atoms with Crippen molar-refractivity contribution in [3.8, 4) is 5.75 Å². The Bertz CT molecular complexity index is 1340. The van der Waals surface area contributed by atoms with Crippen LogP contribution in [0.3, 0.4) is 0 Å². The Labute approximate surface area is 231 Å². The molecule has 3 aromatic carbocycles. The zero-order chi connectivity index (χ0) is 31.3. The van der Waals surface area contributed by atoms with Crippen LogP contribution >= 0.6 is 0 Å². The van der Waals surface area contributed by atoms with E-state index >= 15 is 0 Å². The van der Waals surface area contributed by atoms with Crippen molar-refractivity contribution in [1.29, 1.82) is 0 Å². The van der Waals surface area contributed by atoms with Crippen molar-refractivity contribution in [1.82, 2.24) is 10.6 Å². The number of urea groups is 1. The number of hydrogen-bond donors (Lipinski definition) is 2. The van der Waals surface area contributed by atoms with Crippen LogP contribution in [0.25, 0.3) is 0 Å². The summed E-state index contributed by atoms with van der Waals surface area (Å²) in [5.74, 6) is -2.45. The summed E-state index contributed by atoms with van der Waals surface area (Å²) in [7, 11) is 0. The second-order valence-electron chi connectivity index (χ2n) is 9.03. The molecule has 0 saturated carbocycles. The van der Waals surface area contributed by atoms with Gasteiger partial charge in [-0.1, -0.05) is 42.5 Å². The van der Waals surface area contributed by atoms with Crippen LogP contribution in [0.2, 0.25) is 0 Å². The van der Waals surface area contributed by atoms with E-state index in [0.717, 1.165) is 12.1 Å². The molecule has 2 N–H and O–H groups in total. The van der Waals surface area contributed by atoms with Crippen molar-refractivity contribution in [2.45, 2.75) is 43.3 Å². The normalized spacial score (nSPS) is 13.9. The van der Waals surface area contributed by atoms with Gasteiger partial charge in [-0.3, -0.25) is 0 Å². The fourth-order valence-electron chi connectivity index (χ4n) is 4.03. The Hall–Kier alpha value is -4.04. The van der Waals surface area contributed by atoms with E-state index in [1.165, 1.54) is 24.3 Å². The summed E-state index contributed by atoms with van der Waals surface area (Å²) < 4.78 is 150. The van der Waals surface area contributed by atoms with E-state index in [0.29, 0.717) is 35.9 Å². The highest BCUT2D eigenvalue weighted by atomic mass is 19.4. The van der Waals surface area contributed by atoms with Gasteiger partial charge in [0, 0.05) is 19.0 Å². The Kier molecular flexibility index (Phi) is 9.63. The highest BCUT2D eigenvalue weighted by Gasteiger charge is 2.45. The third-order valence-corrected chi connectivity index (χ3v) is 5.91. The largest absolute Gasteiger partial charge is 0.461 e. The van der Waals surface area contributed by atoms with Crippen LogP contribution in [-0.2, 0) is 18.1 Å². The fourth-order valence-corrected chi connectivity index (χ4v) is 4.03. The molecule has 3 aromatic rings. The van der Waals surface area contributed by atoms with E-state index < -0.39 is 78.5 Å². The molecule has 0 radical (unpaired) electrons. The average molecular weight is 614 g/mol. The lowest BCUT2D eigenvalue weighted by Gasteiger charge is -2.37. The van der Waals surface area contributed by atoms with Crippen molar-refractivity contribution >= 4 is 6.03 Å². The summed E-state index contributed by atoms with van der Waals surface area (Å²) in [4.78, 5) is 12.9. The van der Waals surface area contributed by atoms with Crippen molar-refractivity contribution in [2.75, 3.05) is 6.54 Å². The Balaban J connectivity index is 2.22. The van der Waals surface area contributed by atoms with Gasteiger partial charge in [0.2, 0.25) is 0 Å². The summed E-state index contributed by atoms with van der Waals surface area (Å²) in [5.41, 5.74) is -3.60. The molecule has 3 rings (SSSR count). The molecule has 1 unspecified atom stereocenters.